The summed E-state index contributed by atoms with van der Waals surface area (Å²) in [6, 6.07) is 5.89. The molecule has 0 bridgehead atoms. The summed E-state index contributed by atoms with van der Waals surface area (Å²) in [5.41, 5.74) is 1.83. The van der Waals surface area contributed by atoms with Crippen molar-refractivity contribution in [1.29, 1.82) is 0 Å². The van der Waals surface area contributed by atoms with Gasteiger partial charge in [-0.25, -0.2) is 4.21 Å². The van der Waals surface area contributed by atoms with Crippen molar-refractivity contribution in [2.45, 2.75) is 37.3 Å². The molecule has 20 heavy (non-hydrogen) atoms. The zero-order chi connectivity index (χ0) is 15.1. The van der Waals surface area contributed by atoms with Crippen molar-refractivity contribution in [3.05, 3.63) is 23.8 Å². The van der Waals surface area contributed by atoms with Crippen LogP contribution in [0.25, 0.3) is 0 Å². The van der Waals surface area contributed by atoms with Gasteiger partial charge in [0.25, 0.3) is 0 Å². The molecule has 0 aliphatic carbocycles. The number of hydrogen-bond donors (Lipinski definition) is 0. The molecule has 1 aromatic carbocycles. The highest BCUT2D eigenvalue weighted by Gasteiger charge is 2.22. The van der Waals surface area contributed by atoms with E-state index in [0.29, 0.717) is 5.25 Å². The van der Waals surface area contributed by atoms with Crippen LogP contribution in [-0.4, -0.2) is 28.5 Å². The molecule has 2 atom stereocenters. The molecule has 1 aliphatic heterocycles. The normalized spacial score (nSPS) is 20.4. The fourth-order valence-electron chi connectivity index (χ4n) is 1.79. The Morgan fingerprint density at radius 1 is 1.40 bits per heavy atom. The third-order valence-electron chi connectivity index (χ3n) is 2.56. The van der Waals surface area contributed by atoms with E-state index < -0.39 is 11.1 Å². The molecule has 1 aliphatic rings. The predicted octanol–water partition coefficient (Wildman–Crippen LogP) is 3.62. The van der Waals surface area contributed by atoms with Gasteiger partial charge in [-0.05, 0) is 18.2 Å². The quantitative estimate of drug-likeness (QED) is 0.799. The Hall–Kier alpha value is -1.01. The van der Waals surface area contributed by atoms with Crippen LogP contribution in [0.5, 0.6) is 5.75 Å². The zero-order valence-electron chi connectivity index (χ0n) is 12.5. The first-order chi connectivity index (χ1) is 9.60. The van der Waals surface area contributed by atoms with Crippen molar-refractivity contribution in [1.82, 2.24) is 0 Å². The first kappa shape index (κ1) is 17.0. The molecule has 2 unspecified atom stereocenters. The highest BCUT2D eigenvalue weighted by atomic mass is 32.2. The van der Waals surface area contributed by atoms with E-state index in [0.717, 1.165) is 28.3 Å². The standard InChI is InChI=1S/C12H15NO3S2.C2H6/c1-8-6-11(13-16-18(3)14)10-7-9(15-2)4-5-12(10)17-8;1-2/h4-5,7-8H,6H2,1-3H3;1-2H3/b13-11+;. The van der Waals surface area contributed by atoms with Gasteiger partial charge in [-0.1, -0.05) is 25.9 Å². The van der Waals surface area contributed by atoms with Gasteiger partial charge in [-0.3, -0.25) is 4.28 Å². The summed E-state index contributed by atoms with van der Waals surface area (Å²) in [4.78, 5) is 1.15. The average molecular weight is 315 g/mol. The van der Waals surface area contributed by atoms with Gasteiger partial charge in [-0.2, -0.15) is 0 Å². The number of rotatable bonds is 3. The Morgan fingerprint density at radius 2 is 2.10 bits per heavy atom. The van der Waals surface area contributed by atoms with E-state index >= 15 is 0 Å². The van der Waals surface area contributed by atoms with E-state index in [9.17, 15) is 4.21 Å². The van der Waals surface area contributed by atoms with Gasteiger partial charge in [0, 0.05) is 22.1 Å². The molecule has 1 aromatic rings. The summed E-state index contributed by atoms with van der Waals surface area (Å²) in [7, 11) is 1.63. The monoisotopic (exact) mass is 315 g/mol. The highest BCUT2D eigenvalue weighted by molar-refractivity contribution is 8.00. The van der Waals surface area contributed by atoms with Crippen LogP contribution >= 0.6 is 11.8 Å². The third kappa shape index (κ3) is 4.52. The minimum absolute atomic E-state index is 0.429. The lowest BCUT2D eigenvalue weighted by Gasteiger charge is -2.22. The van der Waals surface area contributed by atoms with Crippen molar-refractivity contribution >= 4 is 28.6 Å². The minimum atomic E-state index is -1.39. The minimum Gasteiger partial charge on any atom is -0.497 e. The number of ether oxygens (including phenoxy) is 1. The van der Waals surface area contributed by atoms with Crippen molar-refractivity contribution in [3.8, 4) is 5.75 Å². The lowest BCUT2D eigenvalue weighted by molar-refractivity contribution is 0.375. The van der Waals surface area contributed by atoms with Crippen molar-refractivity contribution < 1.29 is 13.2 Å². The lowest BCUT2D eigenvalue weighted by Crippen LogP contribution is -2.16. The molecular weight excluding hydrogens is 294 g/mol. The van der Waals surface area contributed by atoms with Crippen LogP contribution < -0.4 is 4.74 Å². The van der Waals surface area contributed by atoms with Crippen LogP contribution in [0.2, 0.25) is 0 Å². The second-order valence-electron chi connectivity index (χ2n) is 4.01. The van der Waals surface area contributed by atoms with E-state index in [-0.39, 0.29) is 0 Å². The van der Waals surface area contributed by atoms with Crippen molar-refractivity contribution in [3.63, 3.8) is 0 Å². The molecule has 0 aromatic heterocycles. The molecule has 2 rings (SSSR count). The Morgan fingerprint density at radius 3 is 2.70 bits per heavy atom. The lowest BCUT2D eigenvalue weighted by atomic mass is 10.0. The summed E-state index contributed by atoms with van der Waals surface area (Å²) in [5, 5.41) is 4.43. The van der Waals surface area contributed by atoms with Gasteiger partial charge in [0.1, 0.15) is 5.75 Å². The molecule has 1 heterocycles. The molecule has 0 amide bonds. The molecule has 6 heteroatoms. The number of methoxy groups -OCH3 is 1. The smallest absolute Gasteiger partial charge is 0.229 e. The Kier molecular flexibility index (Phi) is 7.09. The van der Waals surface area contributed by atoms with Gasteiger partial charge in [0.05, 0.1) is 19.1 Å². The maximum Gasteiger partial charge on any atom is 0.229 e. The van der Waals surface area contributed by atoms with Gasteiger partial charge in [0.2, 0.25) is 11.1 Å². The molecular formula is C14H21NO3S2. The summed E-state index contributed by atoms with van der Waals surface area (Å²) < 4.78 is 21.0. The van der Waals surface area contributed by atoms with Gasteiger partial charge < -0.3 is 4.74 Å². The molecule has 0 spiro atoms. The first-order valence-electron chi connectivity index (χ1n) is 6.53. The molecule has 0 saturated carbocycles. The fraction of sp³-hybridized carbons (Fsp3) is 0.500. The molecule has 0 saturated heterocycles. The van der Waals surface area contributed by atoms with Crippen molar-refractivity contribution in [2.75, 3.05) is 13.4 Å². The largest absolute Gasteiger partial charge is 0.497 e. The number of fused-ring (bicyclic) bond motifs is 1. The second kappa shape index (κ2) is 8.32. The fourth-order valence-corrected chi connectivity index (χ4v) is 3.11. The molecule has 112 valence electrons. The summed E-state index contributed by atoms with van der Waals surface area (Å²) in [6.45, 7) is 6.14. The summed E-state index contributed by atoms with van der Waals surface area (Å²) >= 11 is 0.413. The van der Waals surface area contributed by atoms with E-state index in [1.165, 1.54) is 6.26 Å². The van der Waals surface area contributed by atoms with E-state index in [4.69, 9.17) is 9.02 Å². The number of oxime groups is 1. The van der Waals surface area contributed by atoms with Crippen LogP contribution in [-0.2, 0) is 15.4 Å². The number of thioether (sulfide) groups is 1. The van der Waals surface area contributed by atoms with Gasteiger partial charge in [-0.15, -0.1) is 11.8 Å². The number of benzene rings is 1. The number of nitrogens with zero attached hydrogens (tertiary/aromatic N) is 1. The van der Waals surface area contributed by atoms with E-state index in [1.54, 1.807) is 18.9 Å². The van der Waals surface area contributed by atoms with Gasteiger partial charge in [0.15, 0.2) is 0 Å². The molecule has 0 radical (unpaired) electrons. The highest BCUT2D eigenvalue weighted by Crippen LogP contribution is 2.37. The Labute approximate surface area is 127 Å². The van der Waals surface area contributed by atoms with Crippen molar-refractivity contribution in [2.24, 2.45) is 5.16 Å². The van der Waals surface area contributed by atoms with Crippen LogP contribution in [0.4, 0.5) is 0 Å². The summed E-state index contributed by atoms with van der Waals surface area (Å²) in [6.07, 6.45) is 2.25. The van der Waals surface area contributed by atoms with Crippen LogP contribution in [0.15, 0.2) is 28.3 Å². The SMILES string of the molecule is CC.COc1ccc2c(c1)/C(=N/OS(C)=O)CC(C)S2. The predicted molar refractivity (Wildman–Crippen MR) is 86.0 cm³/mol. The average Bonchev–Trinajstić information content (AvgIpc) is 2.46. The molecule has 0 fully saturated rings. The summed E-state index contributed by atoms with van der Waals surface area (Å²) in [5.74, 6) is 0.786. The van der Waals surface area contributed by atoms with E-state index in [2.05, 4.69) is 12.1 Å². The van der Waals surface area contributed by atoms with Crippen LogP contribution in [0.3, 0.4) is 0 Å². The second-order valence-corrected chi connectivity index (χ2v) is 6.44. The Balaban J connectivity index is 0.000000956. The van der Waals surface area contributed by atoms with E-state index in [1.807, 2.05) is 32.0 Å². The Bertz CT molecular complexity index is 503. The maximum atomic E-state index is 11.0. The van der Waals surface area contributed by atoms with Crippen LogP contribution in [0, 0.1) is 0 Å². The van der Waals surface area contributed by atoms with Crippen LogP contribution in [0.1, 0.15) is 32.8 Å². The first-order valence-corrected chi connectivity index (χ1v) is 8.89. The zero-order valence-corrected chi connectivity index (χ0v) is 14.1. The number of hydrogen-bond acceptors (Lipinski definition) is 5. The topological polar surface area (TPSA) is 47.9 Å². The van der Waals surface area contributed by atoms with Gasteiger partial charge >= 0.3 is 0 Å². The molecule has 4 nitrogen and oxygen atoms in total. The maximum absolute atomic E-state index is 11.0. The third-order valence-corrected chi connectivity index (χ3v) is 4.02. The molecule has 0 N–H and O–H groups in total.